The number of carboxylic acids is 1. The SMILES string of the molecule is O=C(O)c1cccc(CCc2ccc(N(c3cccs3)S(=O)[O-])cc2)c1. The highest BCUT2D eigenvalue weighted by Gasteiger charge is 2.11. The lowest BCUT2D eigenvalue weighted by atomic mass is 10.0. The maximum absolute atomic E-state index is 11.6. The molecule has 0 aliphatic rings. The van der Waals surface area contributed by atoms with Gasteiger partial charge >= 0.3 is 5.97 Å². The second kappa shape index (κ2) is 8.27. The van der Waals surface area contributed by atoms with Crippen molar-refractivity contribution >= 4 is 39.3 Å². The number of anilines is 2. The smallest absolute Gasteiger partial charge is 0.335 e. The van der Waals surface area contributed by atoms with E-state index in [9.17, 15) is 13.6 Å². The van der Waals surface area contributed by atoms with Crippen LogP contribution in [0.2, 0.25) is 0 Å². The Morgan fingerprint density at radius 2 is 1.77 bits per heavy atom. The molecular weight excluding hydrogens is 370 g/mol. The number of nitrogens with zero attached hydrogens (tertiary/aromatic N) is 1. The van der Waals surface area contributed by atoms with Gasteiger partial charge in [0.15, 0.2) is 0 Å². The number of benzene rings is 2. The fourth-order valence-electron chi connectivity index (χ4n) is 2.62. The van der Waals surface area contributed by atoms with Crippen LogP contribution in [0.3, 0.4) is 0 Å². The summed E-state index contributed by atoms with van der Waals surface area (Å²) in [6.07, 6.45) is 1.45. The maximum atomic E-state index is 11.6. The van der Waals surface area contributed by atoms with Crippen molar-refractivity contribution in [1.29, 1.82) is 0 Å². The number of aromatic carboxylic acids is 1. The van der Waals surface area contributed by atoms with E-state index in [0.717, 1.165) is 17.5 Å². The third-order valence-corrected chi connectivity index (χ3v) is 5.58. The van der Waals surface area contributed by atoms with E-state index in [1.54, 1.807) is 42.5 Å². The van der Waals surface area contributed by atoms with E-state index in [-0.39, 0.29) is 5.56 Å². The zero-order chi connectivity index (χ0) is 18.5. The number of hydrogen-bond acceptors (Lipinski definition) is 4. The number of carboxylic acid groups (broad SMARTS) is 1. The zero-order valence-electron chi connectivity index (χ0n) is 13.7. The van der Waals surface area contributed by atoms with Gasteiger partial charge in [0, 0.05) is 0 Å². The van der Waals surface area contributed by atoms with Gasteiger partial charge in [-0.05, 0) is 65.7 Å². The first-order valence-corrected chi connectivity index (χ1v) is 9.80. The molecule has 5 nitrogen and oxygen atoms in total. The predicted molar refractivity (Wildman–Crippen MR) is 103 cm³/mol. The van der Waals surface area contributed by atoms with Crippen LogP contribution in [0.4, 0.5) is 10.7 Å². The summed E-state index contributed by atoms with van der Waals surface area (Å²) in [5, 5.41) is 11.5. The molecule has 3 rings (SSSR count). The van der Waals surface area contributed by atoms with Gasteiger partial charge < -0.3 is 9.66 Å². The average Bonchev–Trinajstić information content (AvgIpc) is 3.15. The monoisotopic (exact) mass is 386 g/mol. The summed E-state index contributed by atoms with van der Waals surface area (Å²) < 4.78 is 24.4. The molecule has 3 aromatic rings. The second-order valence-electron chi connectivity index (χ2n) is 5.63. The van der Waals surface area contributed by atoms with Crippen LogP contribution >= 0.6 is 11.3 Å². The summed E-state index contributed by atoms with van der Waals surface area (Å²) in [7, 11) is 0. The first-order chi connectivity index (χ1) is 12.5. The molecule has 26 heavy (non-hydrogen) atoms. The van der Waals surface area contributed by atoms with Crippen molar-refractivity contribution in [2.24, 2.45) is 0 Å². The topological polar surface area (TPSA) is 80.7 Å². The molecule has 7 heteroatoms. The van der Waals surface area contributed by atoms with Gasteiger partial charge in [0.1, 0.15) is 5.00 Å². The number of aryl methyl sites for hydroxylation is 2. The van der Waals surface area contributed by atoms with Gasteiger partial charge in [-0.15, -0.1) is 11.3 Å². The van der Waals surface area contributed by atoms with Gasteiger partial charge in [0.25, 0.3) is 0 Å². The van der Waals surface area contributed by atoms with Crippen LogP contribution in [0, 0.1) is 0 Å². The van der Waals surface area contributed by atoms with Crippen LogP contribution in [-0.2, 0) is 24.1 Å². The zero-order valence-corrected chi connectivity index (χ0v) is 15.3. The van der Waals surface area contributed by atoms with Crippen LogP contribution in [0.5, 0.6) is 0 Å². The standard InChI is InChI=1S/C19H17NO4S2/c21-19(22)16-4-1-3-15(13-16)7-6-14-8-10-17(11-9-14)20(26(23)24)18-5-2-12-25-18/h1-5,8-13H,6-7H2,(H,21,22)(H,23,24)/p-1. The third kappa shape index (κ3) is 4.37. The highest BCUT2D eigenvalue weighted by atomic mass is 32.2. The molecule has 0 saturated heterocycles. The Labute approximate surface area is 158 Å². The fourth-order valence-corrected chi connectivity index (χ4v) is 4.09. The van der Waals surface area contributed by atoms with Crippen molar-refractivity contribution in [3.8, 4) is 0 Å². The number of thiophene rings is 1. The maximum Gasteiger partial charge on any atom is 0.335 e. The van der Waals surface area contributed by atoms with E-state index in [1.165, 1.54) is 15.6 Å². The molecule has 0 bridgehead atoms. The Bertz CT molecular complexity index is 908. The largest absolute Gasteiger partial charge is 0.755 e. The van der Waals surface area contributed by atoms with Gasteiger partial charge in [-0.1, -0.05) is 24.3 Å². The molecule has 1 aromatic heterocycles. The first kappa shape index (κ1) is 18.3. The molecular formula is C19H16NO4S2-. The van der Waals surface area contributed by atoms with E-state index in [1.807, 2.05) is 23.6 Å². The summed E-state index contributed by atoms with van der Waals surface area (Å²) in [5.41, 5.74) is 2.87. The summed E-state index contributed by atoms with van der Waals surface area (Å²) in [6.45, 7) is 0. The molecule has 1 N–H and O–H groups in total. The minimum atomic E-state index is -2.39. The molecule has 1 unspecified atom stereocenters. The molecule has 0 amide bonds. The van der Waals surface area contributed by atoms with Crippen LogP contribution in [0.25, 0.3) is 0 Å². The van der Waals surface area contributed by atoms with Crippen molar-refractivity contribution in [2.45, 2.75) is 12.8 Å². The molecule has 1 heterocycles. The molecule has 0 saturated carbocycles. The van der Waals surface area contributed by atoms with Crippen molar-refractivity contribution in [2.75, 3.05) is 4.31 Å². The van der Waals surface area contributed by atoms with Gasteiger partial charge in [-0.3, -0.25) is 8.51 Å². The van der Waals surface area contributed by atoms with Gasteiger partial charge in [0.05, 0.1) is 22.5 Å². The molecule has 1 atom stereocenters. The highest BCUT2D eigenvalue weighted by Crippen LogP contribution is 2.30. The minimum absolute atomic E-state index is 0.280. The Morgan fingerprint density at radius 3 is 2.38 bits per heavy atom. The van der Waals surface area contributed by atoms with Gasteiger partial charge in [-0.2, -0.15) is 0 Å². The van der Waals surface area contributed by atoms with Crippen LogP contribution in [0.1, 0.15) is 21.5 Å². The molecule has 0 spiro atoms. The average molecular weight is 386 g/mol. The first-order valence-electron chi connectivity index (χ1n) is 7.89. The second-order valence-corrected chi connectivity index (χ2v) is 7.36. The predicted octanol–water partition coefficient (Wildman–Crippen LogP) is 4.16. The van der Waals surface area contributed by atoms with E-state index in [2.05, 4.69) is 0 Å². The molecule has 0 fully saturated rings. The van der Waals surface area contributed by atoms with Crippen molar-refractivity contribution in [1.82, 2.24) is 0 Å². The van der Waals surface area contributed by atoms with E-state index in [0.29, 0.717) is 17.1 Å². The van der Waals surface area contributed by atoms with Crippen molar-refractivity contribution < 1.29 is 18.7 Å². The number of carbonyl (C=O) groups is 1. The molecule has 0 aliphatic carbocycles. The van der Waals surface area contributed by atoms with E-state index < -0.39 is 17.2 Å². The summed E-state index contributed by atoms with van der Waals surface area (Å²) in [6, 6.07) is 17.8. The van der Waals surface area contributed by atoms with Crippen LogP contribution in [0.15, 0.2) is 66.0 Å². The van der Waals surface area contributed by atoms with Crippen LogP contribution < -0.4 is 4.31 Å². The lowest BCUT2D eigenvalue weighted by Crippen LogP contribution is -2.18. The summed E-state index contributed by atoms with van der Waals surface area (Å²) in [5.74, 6) is -0.935. The minimum Gasteiger partial charge on any atom is -0.755 e. The van der Waals surface area contributed by atoms with Gasteiger partial charge in [0.2, 0.25) is 0 Å². The summed E-state index contributed by atoms with van der Waals surface area (Å²) in [4.78, 5) is 11.0. The lowest BCUT2D eigenvalue weighted by molar-refractivity contribution is 0.0696. The number of rotatable bonds is 7. The van der Waals surface area contributed by atoms with Crippen molar-refractivity contribution in [3.05, 3.63) is 82.7 Å². The third-order valence-electron chi connectivity index (χ3n) is 3.90. The van der Waals surface area contributed by atoms with Crippen molar-refractivity contribution in [3.63, 3.8) is 0 Å². The van der Waals surface area contributed by atoms with E-state index in [4.69, 9.17) is 5.11 Å². The fraction of sp³-hybridized carbons (Fsp3) is 0.105. The highest BCUT2D eigenvalue weighted by molar-refractivity contribution is 7.81. The normalized spacial score (nSPS) is 11.9. The molecule has 134 valence electrons. The van der Waals surface area contributed by atoms with E-state index >= 15 is 0 Å². The Balaban J connectivity index is 1.71. The number of hydrogen-bond donors (Lipinski definition) is 1. The molecule has 0 radical (unpaired) electrons. The lowest BCUT2D eigenvalue weighted by Gasteiger charge is -2.24. The quantitative estimate of drug-likeness (QED) is 0.618. The Hall–Kier alpha value is -2.48. The Morgan fingerprint density at radius 1 is 1.04 bits per heavy atom. The van der Waals surface area contributed by atoms with Gasteiger partial charge in [-0.25, -0.2) is 4.79 Å². The molecule has 2 aromatic carbocycles. The summed E-state index contributed by atoms with van der Waals surface area (Å²) >= 11 is -1.04. The molecule has 0 aliphatic heterocycles. The van der Waals surface area contributed by atoms with Crippen LogP contribution in [-0.4, -0.2) is 19.8 Å². The Kier molecular flexibility index (Phi) is 5.82.